The van der Waals surface area contributed by atoms with Gasteiger partial charge < -0.3 is 20.1 Å². The SMILES string of the molecule is COC(=O)c1cc(N)ccc1N1C[C@@H](C)O[C@H](C)C1. The molecule has 0 aromatic heterocycles. The molecule has 1 aromatic rings. The molecule has 1 aliphatic rings. The minimum absolute atomic E-state index is 0.131. The molecule has 1 fully saturated rings. The van der Waals surface area contributed by atoms with Crippen molar-refractivity contribution in [2.75, 3.05) is 30.8 Å². The predicted molar refractivity (Wildman–Crippen MR) is 74.4 cm³/mol. The first-order valence-corrected chi connectivity index (χ1v) is 6.39. The van der Waals surface area contributed by atoms with Crippen molar-refractivity contribution in [3.8, 4) is 0 Å². The van der Waals surface area contributed by atoms with E-state index in [0.29, 0.717) is 11.3 Å². The summed E-state index contributed by atoms with van der Waals surface area (Å²) in [6.07, 6.45) is 0.263. The maximum atomic E-state index is 11.9. The topological polar surface area (TPSA) is 64.8 Å². The predicted octanol–water partition coefficient (Wildman–Crippen LogP) is 1.67. The summed E-state index contributed by atoms with van der Waals surface area (Å²) in [5.41, 5.74) is 7.66. The number of methoxy groups -OCH3 is 1. The molecule has 2 rings (SSSR count). The first-order valence-electron chi connectivity index (χ1n) is 6.39. The van der Waals surface area contributed by atoms with Crippen molar-refractivity contribution >= 4 is 17.3 Å². The van der Waals surface area contributed by atoms with Gasteiger partial charge in [-0.25, -0.2) is 4.79 Å². The van der Waals surface area contributed by atoms with Gasteiger partial charge in [0, 0.05) is 18.8 Å². The van der Waals surface area contributed by atoms with E-state index in [1.54, 1.807) is 12.1 Å². The van der Waals surface area contributed by atoms with E-state index in [4.69, 9.17) is 15.2 Å². The summed E-state index contributed by atoms with van der Waals surface area (Å²) >= 11 is 0. The van der Waals surface area contributed by atoms with Gasteiger partial charge in [-0.3, -0.25) is 0 Å². The van der Waals surface area contributed by atoms with Crippen molar-refractivity contribution < 1.29 is 14.3 Å². The number of hydrogen-bond acceptors (Lipinski definition) is 5. The molecular weight excluding hydrogens is 244 g/mol. The Labute approximate surface area is 113 Å². The van der Waals surface area contributed by atoms with Crippen LogP contribution < -0.4 is 10.6 Å². The number of nitrogens with two attached hydrogens (primary N) is 1. The van der Waals surface area contributed by atoms with Crippen molar-refractivity contribution in [3.63, 3.8) is 0 Å². The second-order valence-electron chi connectivity index (χ2n) is 4.93. The van der Waals surface area contributed by atoms with Crippen LogP contribution in [0.25, 0.3) is 0 Å². The van der Waals surface area contributed by atoms with Crippen LogP contribution in [0.15, 0.2) is 18.2 Å². The highest BCUT2D eigenvalue weighted by Gasteiger charge is 2.25. The van der Waals surface area contributed by atoms with Crippen LogP contribution in [0.2, 0.25) is 0 Å². The van der Waals surface area contributed by atoms with Crippen LogP contribution >= 0.6 is 0 Å². The average Bonchev–Trinajstić information content (AvgIpc) is 2.36. The van der Waals surface area contributed by atoms with Gasteiger partial charge in [-0.05, 0) is 32.0 Å². The summed E-state index contributed by atoms with van der Waals surface area (Å²) in [6.45, 7) is 5.55. The second kappa shape index (κ2) is 5.48. The first-order chi connectivity index (χ1) is 9.01. The normalized spacial score (nSPS) is 23.2. The lowest BCUT2D eigenvalue weighted by Crippen LogP contribution is -2.46. The third-order valence-corrected chi connectivity index (χ3v) is 3.19. The lowest BCUT2D eigenvalue weighted by atomic mass is 10.1. The Balaban J connectivity index is 2.35. The summed E-state index contributed by atoms with van der Waals surface area (Å²) in [6, 6.07) is 5.32. The fourth-order valence-electron chi connectivity index (χ4n) is 2.48. The number of ether oxygens (including phenoxy) is 2. The zero-order valence-electron chi connectivity index (χ0n) is 11.6. The Morgan fingerprint density at radius 1 is 1.37 bits per heavy atom. The largest absolute Gasteiger partial charge is 0.465 e. The third-order valence-electron chi connectivity index (χ3n) is 3.19. The van der Waals surface area contributed by atoms with Crippen LogP contribution in [-0.2, 0) is 9.47 Å². The number of anilines is 2. The zero-order chi connectivity index (χ0) is 14.0. The van der Waals surface area contributed by atoms with Gasteiger partial charge in [-0.2, -0.15) is 0 Å². The van der Waals surface area contributed by atoms with Gasteiger partial charge in [-0.15, -0.1) is 0 Å². The highest BCUT2D eigenvalue weighted by Crippen LogP contribution is 2.27. The van der Waals surface area contributed by atoms with E-state index >= 15 is 0 Å². The number of rotatable bonds is 2. The summed E-state index contributed by atoms with van der Waals surface area (Å²) in [7, 11) is 1.37. The molecule has 0 saturated carbocycles. The number of hydrogen-bond donors (Lipinski definition) is 1. The number of morpholine rings is 1. The number of esters is 1. The summed E-state index contributed by atoms with van der Waals surface area (Å²) < 4.78 is 10.5. The van der Waals surface area contributed by atoms with Crippen molar-refractivity contribution in [2.45, 2.75) is 26.1 Å². The molecule has 0 amide bonds. The number of benzene rings is 1. The molecule has 2 atom stereocenters. The molecule has 0 unspecified atom stereocenters. The van der Waals surface area contributed by atoms with Gasteiger partial charge >= 0.3 is 5.97 Å². The molecule has 1 saturated heterocycles. The molecule has 2 N–H and O–H groups in total. The quantitative estimate of drug-likeness (QED) is 0.650. The highest BCUT2D eigenvalue weighted by atomic mass is 16.5. The average molecular weight is 264 g/mol. The van der Waals surface area contributed by atoms with Crippen molar-refractivity contribution in [3.05, 3.63) is 23.8 Å². The Hall–Kier alpha value is -1.75. The van der Waals surface area contributed by atoms with E-state index in [0.717, 1.165) is 18.8 Å². The Morgan fingerprint density at radius 2 is 2.00 bits per heavy atom. The molecule has 1 heterocycles. The van der Waals surface area contributed by atoms with Crippen LogP contribution in [0.1, 0.15) is 24.2 Å². The fourth-order valence-corrected chi connectivity index (χ4v) is 2.48. The molecule has 0 bridgehead atoms. The van der Waals surface area contributed by atoms with Crippen molar-refractivity contribution in [2.24, 2.45) is 0 Å². The van der Waals surface area contributed by atoms with Gasteiger partial charge in [0.05, 0.1) is 30.6 Å². The van der Waals surface area contributed by atoms with Gasteiger partial charge in [0.15, 0.2) is 0 Å². The molecule has 19 heavy (non-hydrogen) atoms. The number of nitrogens with zero attached hydrogens (tertiary/aromatic N) is 1. The molecule has 5 heteroatoms. The Bertz CT molecular complexity index is 466. The molecule has 5 nitrogen and oxygen atoms in total. The van der Waals surface area contributed by atoms with E-state index in [2.05, 4.69) is 4.90 Å². The fraction of sp³-hybridized carbons (Fsp3) is 0.500. The Morgan fingerprint density at radius 3 is 2.58 bits per heavy atom. The highest BCUT2D eigenvalue weighted by molar-refractivity contribution is 5.97. The van der Waals surface area contributed by atoms with E-state index in [1.807, 2.05) is 19.9 Å². The standard InChI is InChI=1S/C14H20N2O3/c1-9-7-16(8-10(2)19-9)13-5-4-11(15)6-12(13)14(17)18-3/h4-6,9-10H,7-8,15H2,1-3H3/t9-,10-/m1/s1. The molecule has 0 spiro atoms. The summed E-state index contributed by atoms with van der Waals surface area (Å²) in [5, 5.41) is 0. The molecule has 104 valence electrons. The van der Waals surface area contributed by atoms with Crippen LogP contribution in [0.4, 0.5) is 11.4 Å². The molecule has 0 aliphatic carbocycles. The maximum absolute atomic E-state index is 11.9. The summed E-state index contributed by atoms with van der Waals surface area (Å²) in [4.78, 5) is 14.0. The maximum Gasteiger partial charge on any atom is 0.340 e. The van der Waals surface area contributed by atoms with Gasteiger partial charge in [0.2, 0.25) is 0 Å². The van der Waals surface area contributed by atoms with Gasteiger partial charge in [0.1, 0.15) is 0 Å². The minimum Gasteiger partial charge on any atom is -0.465 e. The van der Waals surface area contributed by atoms with Crippen LogP contribution in [0.5, 0.6) is 0 Å². The second-order valence-corrected chi connectivity index (χ2v) is 4.93. The van der Waals surface area contributed by atoms with Crippen LogP contribution in [-0.4, -0.2) is 38.4 Å². The lowest BCUT2D eigenvalue weighted by Gasteiger charge is -2.37. The smallest absolute Gasteiger partial charge is 0.340 e. The lowest BCUT2D eigenvalue weighted by molar-refractivity contribution is -0.00533. The first kappa shape index (κ1) is 13.7. The monoisotopic (exact) mass is 264 g/mol. The van der Waals surface area contributed by atoms with Crippen LogP contribution in [0.3, 0.4) is 0 Å². The molecule has 0 radical (unpaired) electrons. The number of nitrogen functional groups attached to an aromatic ring is 1. The molecular formula is C14H20N2O3. The molecule has 1 aromatic carbocycles. The third kappa shape index (κ3) is 2.98. The van der Waals surface area contributed by atoms with E-state index in [9.17, 15) is 4.79 Å². The Kier molecular flexibility index (Phi) is 3.95. The summed E-state index contributed by atoms with van der Waals surface area (Å²) in [5.74, 6) is -0.367. The number of carbonyl (C=O) groups excluding carboxylic acids is 1. The van der Waals surface area contributed by atoms with E-state index in [-0.39, 0.29) is 18.2 Å². The minimum atomic E-state index is -0.367. The van der Waals surface area contributed by atoms with Gasteiger partial charge in [0.25, 0.3) is 0 Å². The van der Waals surface area contributed by atoms with E-state index < -0.39 is 0 Å². The zero-order valence-corrected chi connectivity index (χ0v) is 11.6. The van der Waals surface area contributed by atoms with Gasteiger partial charge in [-0.1, -0.05) is 0 Å². The van der Waals surface area contributed by atoms with Crippen LogP contribution in [0, 0.1) is 0 Å². The van der Waals surface area contributed by atoms with Crippen molar-refractivity contribution in [1.82, 2.24) is 0 Å². The number of carbonyl (C=O) groups is 1. The van der Waals surface area contributed by atoms with E-state index in [1.165, 1.54) is 7.11 Å². The molecule has 1 aliphatic heterocycles. The van der Waals surface area contributed by atoms with Crippen molar-refractivity contribution in [1.29, 1.82) is 0 Å².